The first-order valence-electron chi connectivity index (χ1n) is 11.9. The summed E-state index contributed by atoms with van der Waals surface area (Å²) in [5, 5.41) is 7.96. The maximum absolute atomic E-state index is 12.5. The van der Waals surface area contributed by atoms with Crippen molar-refractivity contribution in [2.24, 2.45) is 5.10 Å². The third-order valence-corrected chi connectivity index (χ3v) is 6.72. The summed E-state index contributed by atoms with van der Waals surface area (Å²) in [4.78, 5) is 12.5. The van der Waals surface area contributed by atoms with E-state index in [1.165, 1.54) is 21.9 Å². The number of aromatic nitrogens is 1. The van der Waals surface area contributed by atoms with Crippen LogP contribution < -0.4 is 5.43 Å². The first-order chi connectivity index (χ1) is 17.0. The third kappa shape index (κ3) is 4.60. The molecule has 1 N–H and O–H groups in total. The number of hydrogen-bond acceptors (Lipinski definition) is 2. The Morgan fingerprint density at radius 1 is 0.857 bits per heavy atom. The van der Waals surface area contributed by atoms with E-state index >= 15 is 0 Å². The molecule has 5 aromatic rings. The Hall–Kier alpha value is -4.18. The normalized spacial score (nSPS) is 11.5. The molecule has 4 aromatic carbocycles. The predicted octanol–water partition coefficient (Wildman–Crippen LogP) is 6.46. The summed E-state index contributed by atoms with van der Waals surface area (Å²) in [5.74, 6) is -0.120. The van der Waals surface area contributed by atoms with Crippen LogP contribution in [-0.4, -0.2) is 16.7 Å². The van der Waals surface area contributed by atoms with Gasteiger partial charge in [0.1, 0.15) is 0 Å². The third-order valence-electron chi connectivity index (χ3n) is 6.72. The second-order valence-electron chi connectivity index (χ2n) is 9.14. The highest BCUT2D eigenvalue weighted by molar-refractivity contribution is 6.01. The molecule has 5 rings (SSSR count). The van der Waals surface area contributed by atoms with Crippen LogP contribution in [0.2, 0.25) is 0 Å². The zero-order chi connectivity index (χ0) is 24.4. The lowest BCUT2D eigenvalue weighted by molar-refractivity contribution is -0.120. The van der Waals surface area contributed by atoms with Crippen molar-refractivity contribution in [1.82, 2.24) is 9.99 Å². The molecule has 0 saturated heterocycles. The highest BCUT2D eigenvalue weighted by Crippen LogP contribution is 2.27. The Morgan fingerprint density at radius 3 is 2.43 bits per heavy atom. The number of rotatable bonds is 6. The van der Waals surface area contributed by atoms with Crippen LogP contribution in [0.15, 0.2) is 90.0 Å². The van der Waals surface area contributed by atoms with Gasteiger partial charge in [-0.25, -0.2) is 5.43 Å². The van der Waals surface area contributed by atoms with Gasteiger partial charge in [-0.3, -0.25) is 4.79 Å². The minimum atomic E-state index is -0.120. The Balaban J connectivity index is 1.41. The second kappa shape index (κ2) is 9.59. The lowest BCUT2D eigenvalue weighted by atomic mass is 10.0. The largest absolute Gasteiger partial charge is 0.340 e. The molecule has 0 aliphatic carbocycles. The minimum Gasteiger partial charge on any atom is -0.340 e. The van der Waals surface area contributed by atoms with Crippen LogP contribution in [0.25, 0.3) is 21.7 Å². The average Bonchev–Trinajstić information content (AvgIpc) is 3.12. The van der Waals surface area contributed by atoms with Gasteiger partial charge < -0.3 is 4.57 Å². The first kappa shape index (κ1) is 22.6. The number of carbonyl (C=O) groups is 1. The van der Waals surface area contributed by atoms with E-state index in [1.807, 2.05) is 25.1 Å². The molecule has 0 spiro atoms. The smallest absolute Gasteiger partial charge is 0.244 e. The number of fused-ring (bicyclic) bond motifs is 2. The summed E-state index contributed by atoms with van der Waals surface area (Å²) < 4.78 is 2.33. The Bertz CT molecular complexity index is 1570. The fourth-order valence-corrected chi connectivity index (χ4v) is 4.85. The van der Waals surface area contributed by atoms with Crippen LogP contribution >= 0.6 is 0 Å². The second-order valence-corrected chi connectivity index (χ2v) is 9.14. The number of aryl methyl sites for hydroxylation is 2. The molecule has 0 atom stereocenters. The van der Waals surface area contributed by atoms with Crippen molar-refractivity contribution in [1.29, 1.82) is 0 Å². The van der Waals surface area contributed by atoms with E-state index < -0.39 is 0 Å². The molecule has 35 heavy (non-hydrogen) atoms. The maximum Gasteiger partial charge on any atom is 0.244 e. The predicted molar refractivity (Wildman–Crippen MR) is 145 cm³/mol. The standard InChI is InChI=1S/C31H29N3O/c1-21-15-16-25(22(2)17-21)18-31(35)33-32-19-29-23(3)34(30-14-7-6-13-28(29)30)20-26-11-8-10-24-9-4-5-12-27(24)26/h4-17,19H,18,20H2,1-3H3,(H,33,35)/b32-19+. The van der Waals surface area contributed by atoms with Crippen LogP contribution in [0.4, 0.5) is 0 Å². The van der Waals surface area contributed by atoms with Crippen molar-refractivity contribution in [2.75, 3.05) is 0 Å². The van der Waals surface area contributed by atoms with Gasteiger partial charge in [0.15, 0.2) is 0 Å². The van der Waals surface area contributed by atoms with Crippen molar-refractivity contribution < 1.29 is 4.79 Å². The van der Waals surface area contributed by atoms with E-state index in [9.17, 15) is 4.79 Å². The summed E-state index contributed by atoms with van der Waals surface area (Å²) in [7, 11) is 0. The SMILES string of the molecule is Cc1ccc(CC(=O)N/N=C/c2c(C)n(Cc3cccc4ccccc34)c3ccccc23)c(C)c1. The number of carbonyl (C=O) groups excluding carboxylic acids is 1. The average molecular weight is 460 g/mol. The Morgan fingerprint density at radius 2 is 1.60 bits per heavy atom. The summed E-state index contributed by atoms with van der Waals surface area (Å²) >= 11 is 0. The number of amides is 1. The minimum absolute atomic E-state index is 0.120. The van der Waals surface area contributed by atoms with E-state index in [0.717, 1.165) is 39.8 Å². The topological polar surface area (TPSA) is 46.4 Å². The molecule has 1 amide bonds. The molecule has 4 nitrogen and oxygen atoms in total. The number of hydrazone groups is 1. The van der Waals surface area contributed by atoms with Gasteiger partial charge in [-0.2, -0.15) is 5.10 Å². The number of para-hydroxylation sites is 1. The molecule has 0 aliphatic heterocycles. The first-order valence-corrected chi connectivity index (χ1v) is 11.9. The number of nitrogens with one attached hydrogen (secondary N) is 1. The zero-order valence-electron chi connectivity index (χ0n) is 20.4. The highest BCUT2D eigenvalue weighted by atomic mass is 16.2. The lowest BCUT2D eigenvalue weighted by Crippen LogP contribution is -2.20. The maximum atomic E-state index is 12.5. The number of hydrogen-bond donors (Lipinski definition) is 1. The van der Waals surface area contributed by atoms with Crippen molar-refractivity contribution in [3.8, 4) is 0 Å². The highest BCUT2D eigenvalue weighted by Gasteiger charge is 2.14. The molecule has 0 fully saturated rings. The van der Waals surface area contributed by atoms with Crippen molar-refractivity contribution >= 4 is 33.8 Å². The summed E-state index contributed by atoms with van der Waals surface area (Å²) in [5.41, 5.74) is 10.6. The zero-order valence-corrected chi connectivity index (χ0v) is 20.4. The fourth-order valence-electron chi connectivity index (χ4n) is 4.85. The Kier molecular flexibility index (Phi) is 6.19. The van der Waals surface area contributed by atoms with Crippen molar-refractivity contribution in [2.45, 2.75) is 33.7 Å². The van der Waals surface area contributed by atoms with Crippen LogP contribution in [0.5, 0.6) is 0 Å². The molecule has 1 aromatic heterocycles. The molecule has 1 heterocycles. The fraction of sp³-hybridized carbons (Fsp3) is 0.161. The van der Waals surface area contributed by atoms with Gasteiger partial charge in [-0.05, 0) is 54.3 Å². The molecule has 0 bridgehead atoms. The van der Waals surface area contributed by atoms with E-state index in [4.69, 9.17) is 0 Å². The summed E-state index contributed by atoms with van der Waals surface area (Å²) in [6, 6.07) is 29.5. The van der Waals surface area contributed by atoms with E-state index in [2.05, 4.69) is 95.7 Å². The van der Waals surface area contributed by atoms with Gasteiger partial charge in [0, 0.05) is 28.7 Å². The quantitative estimate of drug-likeness (QED) is 0.230. The van der Waals surface area contributed by atoms with Crippen LogP contribution in [0.3, 0.4) is 0 Å². The monoisotopic (exact) mass is 459 g/mol. The van der Waals surface area contributed by atoms with E-state index in [0.29, 0.717) is 6.42 Å². The Labute approximate surface area is 205 Å². The van der Waals surface area contributed by atoms with Gasteiger partial charge in [0.2, 0.25) is 5.91 Å². The van der Waals surface area contributed by atoms with Crippen molar-refractivity contribution in [3.63, 3.8) is 0 Å². The molecule has 0 saturated carbocycles. The lowest BCUT2D eigenvalue weighted by Gasteiger charge is -2.11. The number of benzene rings is 4. The molecule has 0 radical (unpaired) electrons. The molecule has 4 heteroatoms. The summed E-state index contributed by atoms with van der Waals surface area (Å²) in [6.07, 6.45) is 2.09. The molecule has 0 aliphatic rings. The van der Waals surface area contributed by atoms with Gasteiger partial charge in [-0.15, -0.1) is 0 Å². The molecular weight excluding hydrogens is 430 g/mol. The molecule has 0 unspecified atom stereocenters. The van der Waals surface area contributed by atoms with Crippen LogP contribution in [0.1, 0.15) is 33.5 Å². The van der Waals surface area contributed by atoms with Gasteiger partial charge in [0.25, 0.3) is 0 Å². The van der Waals surface area contributed by atoms with E-state index in [1.54, 1.807) is 6.21 Å². The van der Waals surface area contributed by atoms with E-state index in [-0.39, 0.29) is 5.91 Å². The van der Waals surface area contributed by atoms with Crippen LogP contribution in [-0.2, 0) is 17.8 Å². The van der Waals surface area contributed by atoms with Gasteiger partial charge in [-0.1, -0.05) is 84.4 Å². The number of nitrogens with zero attached hydrogens (tertiary/aromatic N) is 2. The molecular formula is C31H29N3O. The van der Waals surface area contributed by atoms with Gasteiger partial charge >= 0.3 is 0 Å². The van der Waals surface area contributed by atoms with Crippen LogP contribution in [0, 0.1) is 20.8 Å². The van der Waals surface area contributed by atoms with Gasteiger partial charge in [0.05, 0.1) is 12.6 Å². The van der Waals surface area contributed by atoms with Crippen molar-refractivity contribution in [3.05, 3.63) is 118 Å². The molecule has 174 valence electrons. The summed E-state index contributed by atoms with van der Waals surface area (Å²) in [6.45, 7) is 6.97.